The van der Waals surface area contributed by atoms with Gasteiger partial charge in [-0.25, -0.2) is 0 Å². The first-order valence-corrected chi connectivity index (χ1v) is 7.64. The molecule has 2 unspecified atom stereocenters. The Bertz CT molecular complexity index is 407. The van der Waals surface area contributed by atoms with Crippen molar-refractivity contribution in [3.8, 4) is 0 Å². The summed E-state index contributed by atoms with van der Waals surface area (Å²) in [6, 6.07) is 9.03. The van der Waals surface area contributed by atoms with Gasteiger partial charge in [0.2, 0.25) is 0 Å². The summed E-state index contributed by atoms with van der Waals surface area (Å²) in [7, 11) is 2.22. The Morgan fingerprint density at radius 1 is 1.37 bits per heavy atom. The summed E-state index contributed by atoms with van der Waals surface area (Å²) < 4.78 is 0. The smallest absolute Gasteiger partial charge is 0.0409 e. The fraction of sp³-hybridized carbons (Fsp3) is 0.625. The Morgan fingerprint density at radius 2 is 2.16 bits per heavy atom. The molecule has 0 radical (unpaired) electrons. The first-order chi connectivity index (χ1) is 9.06. The quantitative estimate of drug-likeness (QED) is 0.904. The third-order valence-electron chi connectivity index (χ3n) is 4.23. The number of benzene rings is 1. The minimum absolute atomic E-state index is 0.348. The lowest BCUT2D eigenvalue weighted by Crippen LogP contribution is -2.43. The van der Waals surface area contributed by atoms with E-state index >= 15 is 0 Å². The van der Waals surface area contributed by atoms with Crippen molar-refractivity contribution in [3.05, 3.63) is 34.9 Å². The van der Waals surface area contributed by atoms with Gasteiger partial charge in [-0.15, -0.1) is 0 Å². The zero-order valence-electron chi connectivity index (χ0n) is 12.2. The topological polar surface area (TPSA) is 15.3 Å². The standard InChI is InChI=1S/C16H25ClN2/c1-12(14-6-4-8-16(17)10-14)18-13(2)15-7-5-9-19(3)11-15/h4,6,8,10,12-13,15,18H,5,7,9,11H2,1-3H3/t12-,13?,15?/m1/s1. The molecule has 2 rings (SSSR count). The van der Waals surface area contributed by atoms with Crippen molar-refractivity contribution < 1.29 is 0 Å². The summed E-state index contributed by atoms with van der Waals surface area (Å²) in [6.07, 6.45) is 2.65. The minimum Gasteiger partial charge on any atom is -0.307 e. The van der Waals surface area contributed by atoms with Crippen LogP contribution in [-0.2, 0) is 0 Å². The molecule has 2 nitrogen and oxygen atoms in total. The summed E-state index contributed by atoms with van der Waals surface area (Å²) in [6.45, 7) is 6.98. The fourth-order valence-corrected chi connectivity index (χ4v) is 3.22. The van der Waals surface area contributed by atoms with Crippen molar-refractivity contribution in [1.29, 1.82) is 0 Å². The first-order valence-electron chi connectivity index (χ1n) is 7.26. The number of halogens is 1. The Balaban J connectivity index is 1.92. The molecule has 0 aromatic heterocycles. The molecule has 19 heavy (non-hydrogen) atoms. The van der Waals surface area contributed by atoms with Crippen molar-refractivity contribution in [2.45, 2.75) is 38.8 Å². The van der Waals surface area contributed by atoms with E-state index in [1.807, 2.05) is 12.1 Å². The molecule has 1 N–H and O–H groups in total. The van der Waals surface area contributed by atoms with Crippen LogP contribution in [0.2, 0.25) is 5.02 Å². The molecule has 1 saturated heterocycles. The molecular weight excluding hydrogens is 256 g/mol. The molecule has 3 atom stereocenters. The molecule has 0 amide bonds. The lowest BCUT2D eigenvalue weighted by atomic mass is 9.91. The molecule has 1 aliphatic heterocycles. The fourth-order valence-electron chi connectivity index (χ4n) is 3.02. The summed E-state index contributed by atoms with van der Waals surface area (Å²) in [5, 5.41) is 4.54. The average Bonchev–Trinajstić information content (AvgIpc) is 2.38. The van der Waals surface area contributed by atoms with E-state index in [4.69, 9.17) is 11.6 Å². The van der Waals surface area contributed by atoms with E-state index in [0.29, 0.717) is 12.1 Å². The van der Waals surface area contributed by atoms with E-state index in [1.165, 1.54) is 31.5 Å². The SMILES string of the molecule is CC(N[C@H](C)c1cccc(Cl)c1)C1CCCN(C)C1. The van der Waals surface area contributed by atoms with Crippen LogP contribution in [0.1, 0.15) is 38.3 Å². The van der Waals surface area contributed by atoms with Gasteiger partial charge in [0.25, 0.3) is 0 Å². The van der Waals surface area contributed by atoms with Gasteiger partial charge >= 0.3 is 0 Å². The highest BCUT2D eigenvalue weighted by atomic mass is 35.5. The number of nitrogens with zero attached hydrogens (tertiary/aromatic N) is 1. The predicted molar refractivity (Wildman–Crippen MR) is 82.7 cm³/mol. The highest BCUT2D eigenvalue weighted by Crippen LogP contribution is 2.22. The summed E-state index contributed by atoms with van der Waals surface area (Å²) in [5.41, 5.74) is 1.27. The van der Waals surface area contributed by atoms with Gasteiger partial charge in [-0.3, -0.25) is 0 Å². The molecule has 0 saturated carbocycles. The molecule has 0 spiro atoms. The highest BCUT2D eigenvalue weighted by molar-refractivity contribution is 6.30. The zero-order chi connectivity index (χ0) is 13.8. The van der Waals surface area contributed by atoms with Gasteiger partial charge in [-0.05, 0) is 63.9 Å². The van der Waals surface area contributed by atoms with Gasteiger partial charge in [0.05, 0.1) is 0 Å². The van der Waals surface area contributed by atoms with Crippen molar-refractivity contribution in [2.75, 3.05) is 20.1 Å². The van der Waals surface area contributed by atoms with Crippen LogP contribution in [-0.4, -0.2) is 31.1 Å². The summed E-state index contributed by atoms with van der Waals surface area (Å²) in [5.74, 6) is 0.750. The molecule has 0 aliphatic carbocycles. The number of hydrogen-bond donors (Lipinski definition) is 1. The number of hydrogen-bond acceptors (Lipinski definition) is 2. The number of likely N-dealkylation sites (tertiary alicyclic amines) is 1. The largest absolute Gasteiger partial charge is 0.307 e. The van der Waals surface area contributed by atoms with E-state index in [1.54, 1.807) is 0 Å². The molecule has 1 aliphatic rings. The van der Waals surface area contributed by atoms with E-state index in [9.17, 15) is 0 Å². The van der Waals surface area contributed by atoms with Crippen molar-refractivity contribution in [3.63, 3.8) is 0 Å². The molecule has 3 heteroatoms. The Morgan fingerprint density at radius 3 is 2.84 bits per heavy atom. The predicted octanol–water partition coefficient (Wildman–Crippen LogP) is 3.72. The third kappa shape index (κ3) is 4.20. The summed E-state index contributed by atoms with van der Waals surface area (Å²) >= 11 is 6.06. The van der Waals surface area contributed by atoms with Crippen LogP contribution in [0.4, 0.5) is 0 Å². The lowest BCUT2D eigenvalue weighted by Gasteiger charge is -2.35. The van der Waals surface area contributed by atoms with Crippen molar-refractivity contribution in [1.82, 2.24) is 10.2 Å². The van der Waals surface area contributed by atoms with Gasteiger partial charge in [0, 0.05) is 23.7 Å². The van der Waals surface area contributed by atoms with E-state index in [0.717, 1.165) is 10.9 Å². The van der Waals surface area contributed by atoms with Crippen LogP contribution in [0.3, 0.4) is 0 Å². The number of nitrogens with one attached hydrogen (secondary N) is 1. The second-order valence-electron chi connectivity index (χ2n) is 5.90. The van der Waals surface area contributed by atoms with Crippen LogP contribution >= 0.6 is 11.6 Å². The molecule has 1 fully saturated rings. The normalized spacial score (nSPS) is 24.1. The number of piperidine rings is 1. The monoisotopic (exact) mass is 280 g/mol. The van der Waals surface area contributed by atoms with Crippen LogP contribution in [0.25, 0.3) is 0 Å². The van der Waals surface area contributed by atoms with E-state index in [2.05, 4.69) is 43.2 Å². The number of rotatable bonds is 4. The molecule has 0 bridgehead atoms. The molecule has 1 aromatic rings. The average molecular weight is 281 g/mol. The Labute approximate surface area is 122 Å². The maximum Gasteiger partial charge on any atom is 0.0409 e. The minimum atomic E-state index is 0.348. The lowest BCUT2D eigenvalue weighted by molar-refractivity contribution is 0.174. The van der Waals surface area contributed by atoms with E-state index < -0.39 is 0 Å². The van der Waals surface area contributed by atoms with Crippen LogP contribution < -0.4 is 5.32 Å². The molecule has 1 aromatic carbocycles. The van der Waals surface area contributed by atoms with Gasteiger partial charge in [-0.1, -0.05) is 23.7 Å². The Kier molecular flexibility index (Phi) is 5.26. The summed E-state index contributed by atoms with van der Waals surface area (Å²) in [4.78, 5) is 2.44. The van der Waals surface area contributed by atoms with Crippen molar-refractivity contribution >= 4 is 11.6 Å². The molecule has 106 valence electrons. The van der Waals surface area contributed by atoms with Crippen LogP contribution in [0, 0.1) is 5.92 Å². The highest BCUT2D eigenvalue weighted by Gasteiger charge is 2.23. The Hall–Kier alpha value is -0.570. The van der Waals surface area contributed by atoms with Crippen molar-refractivity contribution in [2.24, 2.45) is 5.92 Å². The zero-order valence-corrected chi connectivity index (χ0v) is 13.0. The van der Waals surface area contributed by atoms with Crippen LogP contribution in [0.5, 0.6) is 0 Å². The van der Waals surface area contributed by atoms with Gasteiger partial charge in [0.15, 0.2) is 0 Å². The van der Waals surface area contributed by atoms with Gasteiger partial charge in [0.1, 0.15) is 0 Å². The van der Waals surface area contributed by atoms with E-state index in [-0.39, 0.29) is 0 Å². The second-order valence-corrected chi connectivity index (χ2v) is 6.33. The van der Waals surface area contributed by atoms with Gasteiger partial charge < -0.3 is 10.2 Å². The molecular formula is C16H25ClN2. The van der Waals surface area contributed by atoms with Crippen LogP contribution in [0.15, 0.2) is 24.3 Å². The third-order valence-corrected chi connectivity index (χ3v) is 4.46. The first kappa shape index (κ1) is 14.8. The molecule has 1 heterocycles. The maximum absolute atomic E-state index is 6.06. The maximum atomic E-state index is 6.06. The van der Waals surface area contributed by atoms with Gasteiger partial charge in [-0.2, -0.15) is 0 Å². The second kappa shape index (κ2) is 6.74.